The van der Waals surface area contributed by atoms with Gasteiger partial charge in [0.1, 0.15) is 5.52 Å². The highest BCUT2D eigenvalue weighted by molar-refractivity contribution is 5.99. The maximum absolute atomic E-state index is 5.33. The van der Waals surface area contributed by atoms with E-state index in [2.05, 4.69) is 9.97 Å². The van der Waals surface area contributed by atoms with Crippen molar-refractivity contribution >= 4 is 22.0 Å². The number of hydrogen-bond acceptors (Lipinski definition) is 3. The van der Waals surface area contributed by atoms with Gasteiger partial charge in [-0.25, -0.2) is 4.98 Å². The predicted molar refractivity (Wildman–Crippen MR) is 49.3 cm³/mol. The Kier molecular flexibility index (Phi) is 1.16. The third-order valence-electron chi connectivity index (χ3n) is 2.06. The first-order chi connectivity index (χ1) is 6.45. The van der Waals surface area contributed by atoms with Crippen LogP contribution in [-0.4, -0.2) is 9.97 Å². The van der Waals surface area contributed by atoms with Crippen LogP contribution in [0.5, 0.6) is 0 Å². The van der Waals surface area contributed by atoms with Gasteiger partial charge >= 0.3 is 0 Å². The molecule has 1 aromatic carbocycles. The van der Waals surface area contributed by atoms with E-state index in [1.165, 1.54) is 0 Å². The number of nitrogens with zero attached hydrogens (tertiary/aromatic N) is 2. The van der Waals surface area contributed by atoms with Crippen molar-refractivity contribution in [2.75, 3.05) is 0 Å². The topological polar surface area (TPSA) is 38.9 Å². The van der Waals surface area contributed by atoms with Crippen LogP contribution in [0.2, 0.25) is 0 Å². The zero-order valence-electron chi connectivity index (χ0n) is 6.77. The van der Waals surface area contributed by atoms with Crippen LogP contribution in [0.15, 0.2) is 41.3 Å². The Hall–Kier alpha value is -1.90. The number of rotatable bonds is 0. The van der Waals surface area contributed by atoms with Crippen LogP contribution in [-0.2, 0) is 0 Å². The highest BCUT2D eigenvalue weighted by Crippen LogP contribution is 2.22. The molecule has 0 spiro atoms. The minimum atomic E-state index is 0.811. The number of hydrogen-bond donors (Lipinski definition) is 0. The molecule has 0 saturated carbocycles. The maximum Gasteiger partial charge on any atom is 0.161 e. The summed E-state index contributed by atoms with van der Waals surface area (Å²) in [4.78, 5) is 8.41. The first-order valence-electron chi connectivity index (χ1n) is 4.02. The fraction of sp³-hybridized carbons (Fsp3) is 0. The molecule has 3 rings (SSSR count). The van der Waals surface area contributed by atoms with Gasteiger partial charge in [-0.2, -0.15) is 0 Å². The van der Waals surface area contributed by atoms with Crippen LogP contribution >= 0.6 is 0 Å². The minimum absolute atomic E-state index is 0.811. The van der Waals surface area contributed by atoms with Gasteiger partial charge in [-0.3, -0.25) is 4.98 Å². The third-order valence-corrected chi connectivity index (χ3v) is 2.06. The molecule has 0 aliphatic rings. The third kappa shape index (κ3) is 0.839. The van der Waals surface area contributed by atoms with E-state index in [-0.39, 0.29) is 0 Å². The van der Waals surface area contributed by atoms with Crippen LogP contribution < -0.4 is 0 Å². The zero-order chi connectivity index (χ0) is 8.67. The van der Waals surface area contributed by atoms with Crippen molar-refractivity contribution in [3.8, 4) is 0 Å². The molecule has 0 radical (unpaired) electrons. The zero-order valence-corrected chi connectivity index (χ0v) is 6.77. The summed E-state index contributed by atoms with van der Waals surface area (Å²) in [7, 11) is 0. The lowest BCUT2D eigenvalue weighted by molar-refractivity contribution is 0.618. The Morgan fingerprint density at radius 3 is 2.92 bits per heavy atom. The van der Waals surface area contributed by atoms with Gasteiger partial charge in [-0.05, 0) is 18.2 Å². The molecular formula is C10H6N2O. The van der Waals surface area contributed by atoms with Gasteiger partial charge in [0.25, 0.3) is 0 Å². The quantitative estimate of drug-likeness (QED) is 0.520. The van der Waals surface area contributed by atoms with Crippen molar-refractivity contribution in [1.29, 1.82) is 0 Å². The molecule has 0 N–H and O–H groups in total. The highest BCUT2D eigenvalue weighted by atomic mass is 16.3. The first-order valence-corrected chi connectivity index (χ1v) is 4.02. The summed E-state index contributed by atoms with van der Waals surface area (Å²) < 4.78 is 5.33. The van der Waals surface area contributed by atoms with Gasteiger partial charge < -0.3 is 4.42 Å². The standard InChI is InChI=1S/C10H6N2O/c1-2-8-9(12-5-4-11-8)10-7(1)3-6-13-10/h1-6H. The van der Waals surface area contributed by atoms with Crippen molar-refractivity contribution < 1.29 is 4.42 Å². The second-order valence-electron chi connectivity index (χ2n) is 2.83. The molecule has 0 amide bonds. The average molecular weight is 170 g/mol. The number of aromatic nitrogens is 2. The molecule has 0 saturated heterocycles. The van der Waals surface area contributed by atoms with Crippen LogP contribution in [0.3, 0.4) is 0 Å². The van der Waals surface area contributed by atoms with Crippen LogP contribution in [0.1, 0.15) is 0 Å². The second kappa shape index (κ2) is 2.29. The van der Waals surface area contributed by atoms with Crippen molar-refractivity contribution in [2.45, 2.75) is 0 Å². The lowest BCUT2D eigenvalue weighted by Crippen LogP contribution is -1.81. The predicted octanol–water partition coefficient (Wildman–Crippen LogP) is 2.38. The SMILES string of the molecule is c1cnc2c(ccc3ccoc32)n1. The summed E-state index contributed by atoms with van der Waals surface area (Å²) >= 11 is 0. The van der Waals surface area contributed by atoms with Crippen LogP contribution in [0.25, 0.3) is 22.0 Å². The van der Waals surface area contributed by atoms with Crippen molar-refractivity contribution in [1.82, 2.24) is 9.97 Å². The van der Waals surface area contributed by atoms with Gasteiger partial charge in [-0.15, -0.1) is 0 Å². The second-order valence-corrected chi connectivity index (χ2v) is 2.83. The summed E-state index contributed by atoms with van der Waals surface area (Å²) in [6.45, 7) is 0. The summed E-state index contributed by atoms with van der Waals surface area (Å²) in [5.41, 5.74) is 2.50. The van der Waals surface area contributed by atoms with E-state index in [1.807, 2.05) is 18.2 Å². The molecule has 13 heavy (non-hydrogen) atoms. The molecule has 2 heterocycles. The van der Waals surface area contributed by atoms with E-state index in [0.717, 1.165) is 22.0 Å². The van der Waals surface area contributed by atoms with E-state index in [9.17, 15) is 0 Å². The molecule has 3 nitrogen and oxygen atoms in total. The minimum Gasteiger partial charge on any atom is -0.462 e. The molecule has 62 valence electrons. The summed E-state index contributed by atoms with van der Waals surface area (Å²) in [6.07, 6.45) is 5.01. The smallest absolute Gasteiger partial charge is 0.161 e. The average Bonchev–Trinajstić information content (AvgIpc) is 2.65. The summed E-state index contributed by atoms with van der Waals surface area (Å²) in [5.74, 6) is 0. The van der Waals surface area contributed by atoms with Gasteiger partial charge in [0.2, 0.25) is 0 Å². The number of fused-ring (bicyclic) bond motifs is 3. The lowest BCUT2D eigenvalue weighted by Gasteiger charge is -1.94. The van der Waals surface area contributed by atoms with Crippen LogP contribution in [0, 0.1) is 0 Å². The Balaban J connectivity index is 2.65. The Bertz CT molecular complexity index is 571. The molecule has 0 aliphatic heterocycles. The molecular weight excluding hydrogens is 164 g/mol. The number of benzene rings is 1. The summed E-state index contributed by atoms with van der Waals surface area (Å²) in [6, 6.07) is 5.85. The molecule has 0 fully saturated rings. The summed E-state index contributed by atoms with van der Waals surface area (Å²) in [5, 5.41) is 1.06. The fourth-order valence-corrected chi connectivity index (χ4v) is 1.46. The maximum atomic E-state index is 5.33. The lowest BCUT2D eigenvalue weighted by atomic mass is 10.2. The molecule has 3 heteroatoms. The van der Waals surface area contributed by atoms with Crippen molar-refractivity contribution in [2.24, 2.45) is 0 Å². The molecule has 0 aliphatic carbocycles. The monoisotopic (exact) mass is 170 g/mol. The Morgan fingerprint density at radius 1 is 1.00 bits per heavy atom. The molecule has 3 aromatic rings. The molecule has 0 unspecified atom stereocenters. The van der Waals surface area contributed by atoms with Crippen molar-refractivity contribution in [3.63, 3.8) is 0 Å². The fourth-order valence-electron chi connectivity index (χ4n) is 1.46. The number of furan rings is 1. The van der Waals surface area contributed by atoms with Gasteiger partial charge in [0, 0.05) is 17.8 Å². The van der Waals surface area contributed by atoms with Gasteiger partial charge in [0.05, 0.1) is 11.8 Å². The van der Waals surface area contributed by atoms with E-state index < -0.39 is 0 Å². The normalized spacial score (nSPS) is 11.1. The Labute approximate surface area is 74.0 Å². The molecule has 2 aromatic heterocycles. The van der Waals surface area contributed by atoms with E-state index in [4.69, 9.17) is 4.42 Å². The largest absolute Gasteiger partial charge is 0.462 e. The van der Waals surface area contributed by atoms with E-state index in [1.54, 1.807) is 18.7 Å². The molecule has 0 bridgehead atoms. The Morgan fingerprint density at radius 2 is 1.92 bits per heavy atom. The van der Waals surface area contributed by atoms with Crippen molar-refractivity contribution in [3.05, 3.63) is 36.9 Å². The first kappa shape index (κ1) is 6.60. The van der Waals surface area contributed by atoms with Crippen LogP contribution in [0.4, 0.5) is 0 Å². The molecule has 0 atom stereocenters. The van der Waals surface area contributed by atoms with E-state index >= 15 is 0 Å². The highest BCUT2D eigenvalue weighted by Gasteiger charge is 2.03. The van der Waals surface area contributed by atoms with Gasteiger partial charge in [-0.1, -0.05) is 0 Å². The van der Waals surface area contributed by atoms with Gasteiger partial charge in [0.15, 0.2) is 5.58 Å². The van der Waals surface area contributed by atoms with E-state index in [0.29, 0.717) is 0 Å².